The van der Waals surface area contributed by atoms with E-state index in [4.69, 9.17) is 9.15 Å². The van der Waals surface area contributed by atoms with E-state index in [1.807, 2.05) is 62.4 Å². The summed E-state index contributed by atoms with van der Waals surface area (Å²) < 4.78 is 10.8. The molecule has 0 atom stereocenters. The second-order valence-corrected chi connectivity index (χ2v) is 7.82. The lowest BCUT2D eigenvalue weighted by Gasteiger charge is -2.21. The standard InChI is InChI=1S/C26H29N3O5/c1-3-15-29(17-23(30)28-21-12-8-7-9-19(21)2)25(31)18-33-26(32)14-13-24-27-16-22(34-24)20-10-5-4-6-11-20/h4-12,16H,3,13-15,17-18H2,1-2H3,(H,28,30). The zero-order valence-electron chi connectivity index (χ0n) is 19.5. The summed E-state index contributed by atoms with van der Waals surface area (Å²) in [5, 5.41) is 2.81. The molecule has 0 spiro atoms. The molecule has 1 heterocycles. The monoisotopic (exact) mass is 463 g/mol. The number of ether oxygens (including phenoxy) is 1. The number of oxazole rings is 1. The van der Waals surface area contributed by atoms with E-state index in [9.17, 15) is 14.4 Å². The highest BCUT2D eigenvalue weighted by Crippen LogP contribution is 2.20. The quantitative estimate of drug-likeness (QED) is 0.431. The first-order valence-electron chi connectivity index (χ1n) is 11.2. The molecule has 0 radical (unpaired) electrons. The van der Waals surface area contributed by atoms with E-state index < -0.39 is 18.5 Å². The Hall–Kier alpha value is -3.94. The zero-order valence-corrected chi connectivity index (χ0v) is 19.5. The molecule has 0 unspecified atom stereocenters. The van der Waals surface area contributed by atoms with Crippen molar-refractivity contribution < 1.29 is 23.5 Å². The largest absolute Gasteiger partial charge is 0.456 e. The molecule has 2 amide bonds. The van der Waals surface area contributed by atoms with Gasteiger partial charge in [0, 0.05) is 24.2 Å². The summed E-state index contributed by atoms with van der Waals surface area (Å²) in [5.41, 5.74) is 2.53. The zero-order chi connectivity index (χ0) is 24.3. The molecule has 0 fully saturated rings. The number of hydrogen-bond donors (Lipinski definition) is 1. The Labute approximate surface area is 198 Å². The van der Waals surface area contributed by atoms with Crippen LogP contribution in [0.25, 0.3) is 11.3 Å². The van der Waals surface area contributed by atoms with E-state index in [2.05, 4.69) is 10.3 Å². The number of para-hydroxylation sites is 1. The number of amides is 2. The summed E-state index contributed by atoms with van der Waals surface area (Å²) in [4.78, 5) is 42.7. The van der Waals surface area contributed by atoms with Gasteiger partial charge >= 0.3 is 5.97 Å². The first kappa shape index (κ1) is 24.7. The molecule has 178 valence electrons. The van der Waals surface area contributed by atoms with E-state index in [1.165, 1.54) is 4.90 Å². The maximum Gasteiger partial charge on any atom is 0.306 e. The van der Waals surface area contributed by atoms with Gasteiger partial charge in [-0.2, -0.15) is 0 Å². The van der Waals surface area contributed by atoms with Crippen molar-refractivity contribution in [2.45, 2.75) is 33.1 Å². The number of rotatable bonds is 11. The molecule has 3 rings (SSSR count). The van der Waals surface area contributed by atoms with E-state index in [1.54, 1.807) is 12.3 Å². The van der Waals surface area contributed by atoms with Gasteiger partial charge in [0.2, 0.25) is 5.91 Å². The summed E-state index contributed by atoms with van der Waals surface area (Å²) in [6, 6.07) is 17.0. The van der Waals surface area contributed by atoms with Gasteiger partial charge < -0.3 is 19.4 Å². The maximum absolute atomic E-state index is 12.6. The molecule has 1 aromatic heterocycles. The van der Waals surface area contributed by atoms with Gasteiger partial charge in [0.15, 0.2) is 18.3 Å². The molecule has 0 bridgehead atoms. The number of benzene rings is 2. The summed E-state index contributed by atoms with van der Waals surface area (Å²) >= 11 is 0. The second kappa shape index (κ2) is 12.3. The van der Waals surface area contributed by atoms with Gasteiger partial charge in [0.05, 0.1) is 19.2 Å². The lowest BCUT2D eigenvalue weighted by atomic mass is 10.2. The SMILES string of the molecule is CCCN(CC(=O)Nc1ccccc1C)C(=O)COC(=O)CCc1ncc(-c2ccccc2)o1. The van der Waals surface area contributed by atoms with E-state index in [0.29, 0.717) is 30.3 Å². The molecule has 2 aromatic carbocycles. The molecule has 34 heavy (non-hydrogen) atoms. The molecule has 0 aliphatic heterocycles. The lowest BCUT2D eigenvalue weighted by molar-refractivity contribution is -0.152. The van der Waals surface area contributed by atoms with Crippen LogP contribution in [-0.4, -0.2) is 47.4 Å². The van der Waals surface area contributed by atoms with Crippen molar-refractivity contribution in [1.82, 2.24) is 9.88 Å². The van der Waals surface area contributed by atoms with Crippen molar-refractivity contribution >= 4 is 23.5 Å². The number of nitrogens with zero attached hydrogens (tertiary/aromatic N) is 2. The number of nitrogens with one attached hydrogen (secondary N) is 1. The maximum atomic E-state index is 12.6. The summed E-state index contributed by atoms with van der Waals surface area (Å²) in [6.07, 6.45) is 2.58. The van der Waals surface area contributed by atoms with Crippen LogP contribution in [0.2, 0.25) is 0 Å². The van der Waals surface area contributed by atoms with Crippen molar-refractivity contribution in [3.05, 3.63) is 72.2 Å². The van der Waals surface area contributed by atoms with Gasteiger partial charge in [-0.1, -0.05) is 55.5 Å². The smallest absolute Gasteiger partial charge is 0.306 e. The van der Waals surface area contributed by atoms with Gasteiger partial charge in [0.1, 0.15) is 0 Å². The summed E-state index contributed by atoms with van der Waals surface area (Å²) in [7, 11) is 0. The van der Waals surface area contributed by atoms with Crippen molar-refractivity contribution in [2.24, 2.45) is 0 Å². The fourth-order valence-electron chi connectivity index (χ4n) is 3.31. The van der Waals surface area contributed by atoms with Crippen LogP contribution in [0.15, 0.2) is 65.2 Å². The normalized spacial score (nSPS) is 10.5. The molecule has 0 aliphatic rings. The van der Waals surface area contributed by atoms with Crippen LogP contribution < -0.4 is 5.32 Å². The summed E-state index contributed by atoms with van der Waals surface area (Å²) in [6.45, 7) is 3.65. The highest BCUT2D eigenvalue weighted by atomic mass is 16.5. The molecule has 0 saturated heterocycles. The molecule has 8 heteroatoms. The third-order valence-corrected chi connectivity index (χ3v) is 5.11. The Balaban J connectivity index is 1.45. The van der Waals surface area contributed by atoms with E-state index in [0.717, 1.165) is 11.1 Å². The molecule has 0 aliphatic carbocycles. The van der Waals surface area contributed by atoms with Gasteiger partial charge in [-0.3, -0.25) is 14.4 Å². The topological polar surface area (TPSA) is 102 Å². The third kappa shape index (κ3) is 7.30. The molecular formula is C26H29N3O5. The molecule has 1 N–H and O–H groups in total. The first-order valence-corrected chi connectivity index (χ1v) is 11.2. The van der Waals surface area contributed by atoms with Crippen LogP contribution in [0.5, 0.6) is 0 Å². The molecule has 0 saturated carbocycles. The van der Waals surface area contributed by atoms with E-state index >= 15 is 0 Å². The number of esters is 1. The minimum atomic E-state index is -0.534. The fourth-order valence-corrected chi connectivity index (χ4v) is 3.31. The number of anilines is 1. The Morgan fingerprint density at radius 2 is 1.79 bits per heavy atom. The Kier molecular flexibility index (Phi) is 8.96. The highest BCUT2D eigenvalue weighted by molar-refractivity contribution is 5.95. The highest BCUT2D eigenvalue weighted by Gasteiger charge is 2.19. The summed E-state index contributed by atoms with van der Waals surface area (Å²) in [5.74, 6) is -0.215. The second-order valence-electron chi connectivity index (χ2n) is 7.82. The van der Waals surface area contributed by atoms with Gasteiger partial charge in [-0.05, 0) is 25.0 Å². The predicted molar refractivity (Wildman–Crippen MR) is 128 cm³/mol. The average molecular weight is 464 g/mol. The number of carbonyl (C=O) groups is 3. The van der Waals surface area contributed by atoms with Crippen molar-refractivity contribution in [2.75, 3.05) is 25.0 Å². The Morgan fingerprint density at radius 1 is 1.06 bits per heavy atom. The third-order valence-electron chi connectivity index (χ3n) is 5.11. The van der Waals surface area contributed by atoms with Crippen LogP contribution in [0.4, 0.5) is 5.69 Å². The van der Waals surface area contributed by atoms with Crippen LogP contribution in [0.3, 0.4) is 0 Å². The first-order chi connectivity index (χ1) is 16.5. The molecule has 8 nitrogen and oxygen atoms in total. The average Bonchev–Trinajstić information content (AvgIpc) is 3.32. The Bertz CT molecular complexity index is 1110. The minimum absolute atomic E-state index is 0.0313. The van der Waals surface area contributed by atoms with Crippen LogP contribution in [-0.2, 0) is 25.5 Å². The number of hydrogen-bond acceptors (Lipinski definition) is 6. The Morgan fingerprint density at radius 3 is 2.53 bits per heavy atom. The number of aryl methyl sites for hydroxylation is 2. The van der Waals surface area contributed by atoms with Crippen molar-refractivity contribution in [1.29, 1.82) is 0 Å². The van der Waals surface area contributed by atoms with Crippen LogP contribution >= 0.6 is 0 Å². The molecule has 3 aromatic rings. The lowest BCUT2D eigenvalue weighted by Crippen LogP contribution is -2.40. The predicted octanol–water partition coefficient (Wildman–Crippen LogP) is 4.00. The number of carbonyl (C=O) groups excluding carboxylic acids is 3. The minimum Gasteiger partial charge on any atom is -0.456 e. The van der Waals surface area contributed by atoms with Crippen molar-refractivity contribution in [3.63, 3.8) is 0 Å². The fraction of sp³-hybridized carbons (Fsp3) is 0.308. The van der Waals surface area contributed by atoms with Crippen LogP contribution in [0.1, 0.15) is 31.2 Å². The van der Waals surface area contributed by atoms with Gasteiger partial charge in [-0.15, -0.1) is 0 Å². The van der Waals surface area contributed by atoms with Gasteiger partial charge in [0.25, 0.3) is 5.91 Å². The van der Waals surface area contributed by atoms with Crippen molar-refractivity contribution in [3.8, 4) is 11.3 Å². The number of aromatic nitrogens is 1. The van der Waals surface area contributed by atoms with Gasteiger partial charge in [-0.25, -0.2) is 4.98 Å². The van der Waals surface area contributed by atoms with Crippen LogP contribution in [0, 0.1) is 6.92 Å². The van der Waals surface area contributed by atoms with E-state index in [-0.39, 0.29) is 25.3 Å². The molecular weight excluding hydrogens is 434 g/mol.